The first-order valence-corrected chi connectivity index (χ1v) is 10.3. The van der Waals surface area contributed by atoms with Gasteiger partial charge < -0.3 is 0 Å². The van der Waals surface area contributed by atoms with Crippen molar-refractivity contribution in [1.29, 1.82) is 0 Å². The van der Waals surface area contributed by atoms with E-state index in [0.29, 0.717) is 11.6 Å². The third-order valence-electron chi connectivity index (χ3n) is 3.63. The van der Waals surface area contributed by atoms with Gasteiger partial charge in [-0.25, -0.2) is 17.4 Å². The summed E-state index contributed by atoms with van der Waals surface area (Å²) < 4.78 is 28.8. The fraction of sp³-hybridized carbons (Fsp3) is 0.188. The summed E-state index contributed by atoms with van der Waals surface area (Å²) >= 11 is 5.49. The summed E-state index contributed by atoms with van der Waals surface area (Å²) in [4.78, 5) is 4.54. The number of benzene rings is 1. The molecule has 1 aromatic carbocycles. The van der Waals surface area contributed by atoms with Crippen LogP contribution in [0.15, 0.2) is 52.1 Å². The maximum absolute atomic E-state index is 12.9. The first-order valence-electron chi connectivity index (χ1n) is 6.98. The van der Waals surface area contributed by atoms with E-state index in [0.717, 1.165) is 19.0 Å². The van der Waals surface area contributed by atoms with Crippen LogP contribution in [-0.4, -0.2) is 17.4 Å². The zero-order chi connectivity index (χ0) is 16.8. The van der Waals surface area contributed by atoms with E-state index in [4.69, 9.17) is 0 Å². The Morgan fingerprint density at radius 1 is 1.22 bits per heavy atom. The standard InChI is InChI=1S/C16H14BrIN2O2S/c1-10(2)11-3-5-13(6-4-11)23(21,22)20-9-15(18)14-7-12(17)8-19-16(14)20/h3-10H,1-2H3. The van der Waals surface area contributed by atoms with Crippen LogP contribution in [0, 0.1) is 3.57 Å². The van der Waals surface area contributed by atoms with Crippen molar-refractivity contribution in [1.82, 2.24) is 8.96 Å². The third-order valence-corrected chi connectivity index (χ3v) is 6.59. The van der Waals surface area contributed by atoms with Gasteiger partial charge in [-0.05, 0) is 68.2 Å². The molecule has 0 spiro atoms. The summed E-state index contributed by atoms with van der Waals surface area (Å²) in [5.74, 6) is 0.360. The van der Waals surface area contributed by atoms with Gasteiger partial charge in [-0.15, -0.1) is 0 Å². The van der Waals surface area contributed by atoms with Crippen molar-refractivity contribution >= 4 is 59.6 Å². The SMILES string of the molecule is CC(C)c1ccc(S(=O)(=O)n2cc(I)c3cc(Br)cnc32)cc1. The van der Waals surface area contributed by atoms with Crippen LogP contribution in [0.25, 0.3) is 11.0 Å². The largest absolute Gasteiger partial charge is 0.269 e. The molecule has 4 nitrogen and oxygen atoms in total. The molecule has 0 fully saturated rings. The Bertz CT molecular complexity index is 979. The molecule has 0 aliphatic heterocycles. The van der Waals surface area contributed by atoms with Crippen LogP contribution in [-0.2, 0) is 10.0 Å². The van der Waals surface area contributed by atoms with Crippen LogP contribution in [0.4, 0.5) is 0 Å². The summed E-state index contributed by atoms with van der Waals surface area (Å²) in [6, 6.07) is 8.90. The molecule has 7 heteroatoms. The topological polar surface area (TPSA) is 52.0 Å². The van der Waals surface area contributed by atoms with Crippen molar-refractivity contribution < 1.29 is 8.42 Å². The molecule has 3 rings (SSSR count). The van der Waals surface area contributed by atoms with Gasteiger partial charge in [-0.3, -0.25) is 0 Å². The molecule has 0 bridgehead atoms. The van der Waals surface area contributed by atoms with E-state index >= 15 is 0 Å². The predicted molar refractivity (Wildman–Crippen MR) is 103 cm³/mol. The zero-order valence-electron chi connectivity index (χ0n) is 12.5. The van der Waals surface area contributed by atoms with Crippen LogP contribution in [0.3, 0.4) is 0 Å². The first-order chi connectivity index (χ1) is 10.8. The van der Waals surface area contributed by atoms with E-state index in [1.165, 1.54) is 3.97 Å². The summed E-state index contributed by atoms with van der Waals surface area (Å²) in [5, 5.41) is 0.808. The van der Waals surface area contributed by atoms with E-state index in [1.54, 1.807) is 24.5 Å². The monoisotopic (exact) mass is 504 g/mol. The van der Waals surface area contributed by atoms with Crippen LogP contribution in [0.5, 0.6) is 0 Å². The molecule has 0 unspecified atom stereocenters. The Hall–Kier alpha value is -0.930. The normalized spacial score (nSPS) is 12.2. The van der Waals surface area contributed by atoms with Crippen LogP contribution in [0.2, 0.25) is 0 Å². The number of hydrogen-bond donors (Lipinski definition) is 0. The molecule has 0 aliphatic rings. The molecular formula is C16H14BrIN2O2S. The molecule has 0 amide bonds. The van der Waals surface area contributed by atoms with Gasteiger partial charge in [0.1, 0.15) is 0 Å². The highest BCUT2D eigenvalue weighted by Crippen LogP contribution is 2.28. The predicted octanol–water partition coefficient (Wildman–Crippen LogP) is 4.76. The molecule has 0 atom stereocenters. The summed E-state index contributed by atoms with van der Waals surface area (Å²) in [6.07, 6.45) is 3.21. The molecule has 0 radical (unpaired) electrons. The van der Waals surface area contributed by atoms with Gasteiger partial charge in [0, 0.05) is 25.8 Å². The minimum Gasteiger partial charge on any atom is -0.236 e. The Morgan fingerprint density at radius 2 is 1.87 bits per heavy atom. The average Bonchev–Trinajstić information content (AvgIpc) is 2.85. The van der Waals surface area contributed by atoms with Gasteiger partial charge in [0.2, 0.25) is 0 Å². The minimum atomic E-state index is -3.67. The number of halogens is 2. The fourth-order valence-electron chi connectivity index (χ4n) is 2.34. The number of rotatable bonds is 3. The Labute approximate surface area is 157 Å². The van der Waals surface area contributed by atoms with Crippen molar-refractivity contribution in [3.8, 4) is 0 Å². The second kappa shape index (κ2) is 6.18. The van der Waals surface area contributed by atoms with Crippen molar-refractivity contribution in [2.24, 2.45) is 0 Å². The second-order valence-corrected chi connectivity index (χ2v) is 9.42. The van der Waals surface area contributed by atoms with Crippen molar-refractivity contribution in [2.75, 3.05) is 0 Å². The summed E-state index contributed by atoms with van der Waals surface area (Å²) in [7, 11) is -3.67. The highest BCUT2D eigenvalue weighted by molar-refractivity contribution is 14.1. The fourth-order valence-corrected chi connectivity index (χ4v) is 4.86. The number of pyridine rings is 1. The Kier molecular flexibility index (Phi) is 4.54. The van der Waals surface area contributed by atoms with Crippen LogP contribution < -0.4 is 0 Å². The number of fused-ring (bicyclic) bond motifs is 1. The average molecular weight is 505 g/mol. The lowest BCUT2D eigenvalue weighted by Gasteiger charge is -2.09. The van der Waals surface area contributed by atoms with Gasteiger partial charge in [-0.2, -0.15) is 0 Å². The molecule has 2 aromatic heterocycles. The lowest BCUT2D eigenvalue weighted by atomic mass is 10.0. The van der Waals surface area contributed by atoms with E-state index in [-0.39, 0.29) is 4.90 Å². The lowest BCUT2D eigenvalue weighted by molar-refractivity contribution is 0.588. The lowest BCUT2D eigenvalue weighted by Crippen LogP contribution is -2.12. The number of aromatic nitrogens is 2. The van der Waals surface area contributed by atoms with E-state index < -0.39 is 10.0 Å². The first kappa shape index (κ1) is 16.9. The third kappa shape index (κ3) is 3.06. The minimum absolute atomic E-state index is 0.264. The molecule has 0 aliphatic carbocycles. The van der Waals surface area contributed by atoms with Crippen molar-refractivity contribution in [3.63, 3.8) is 0 Å². The Morgan fingerprint density at radius 3 is 2.48 bits per heavy atom. The summed E-state index contributed by atoms with van der Waals surface area (Å²) in [6.45, 7) is 4.15. The maximum Gasteiger partial charge on any atom is 0.269 e. The molecule has 0 N–H and O–H groups in total. The maximum atomic E-state index is 12.9. The highest BCUT2D eigenvalue weighted by atomic mass is 127. The molecule has 0 saturated heterocycles. The van der Waals surface area contributed by atoms with E-state index in [1.807, 2.05) is 18.2 Å². The van der Waals surface area contributed by atoms with Gasteiger partial charge in [0.05, 0.1) is 4.90 Å². The molecule has 2 heterocycles. The smallest absolute Gasteiger partial charge is 0.236 e. The number of hydrogen-bond acceptors (Lipinski definition) is 3. The van der Waals surface area contributed by atoms with Gasteiger partial charge >= 0.3 is 0 Å². The van der Waals surface area contributed by atoms with E-state index in [9.17, 15) is 8.42 Å². The van der Waals surface area contributed by atoms with E-state index in [2.05, 4.69) is 57.4 Å². The van der Waals surface area contributed by atoms with Crippen LogP contribution in [0.1, 0.15) is 25.3 Å². The Balaban J connectivity index is 2.17. The molecule has 3 aromatic rings. The molecule has 23 heavy (non-hydrogen) atoms. The quantitative estimate of drug-likeness (QED) is 0.483. The molecular weight excluding hydrogens is 491 g/mol. The summed E-state index contributed by atoms with van der Waals surface area (Å²) in [5.41, 5.74) is 1.54. The highest BCUT2D eigenvalue weighted by Gasteiger charge is 2.21. The van der Waals surface area contributed by atoms with Crippen molar-refractivity contribution in [2.45, 2.75) is 24.7 Å². The molecule has 0 saturated carbocycles. The number of nitrogens with zero attached hydrogens (tertiary/aromatic N) is 2. The van der Waals surface area contributed by atoms with Crippen molar-refractivity contribution in [3.05, 3.63) is 56.3 Å². The zero-order valence-corrected chi connectivity index (χ0v) is 17.1. The molecule has 120 valence electrons. The van der Waals surface area contributed by atoms with Gasteiger partial charge in [0.25, 0.3) is 10.0 Å². The van der Waals surface area contributed by atoms with Gasteiger partial charge in [0.15, 0.2) is 5.65 Å². The van der Waals surface area contributed by atoms with Crippen LogP contribution >= 0.6 is 38.5 Å². The van der Waals surface area contributed by atoms with Gasteiger partial charge in [-0.1, -0.05) is 26.0 Å². The second-order valence-electron chi connectivity index (χ2n) is 5.53.